The van der Waals surface area contributed by atoms with Crippen LogP contribution in [0.25, 0.3) is 0 Å². The molecule has 1 aliphatic heterocycles. The average Bonchev–Trinajstić information content (AvgIpc) is 2.29. The number of halogens is 2. The van der Waals surface area contributed by atoms with E-state index >= 15 is 0 Å². The van der Waals surface area contributed by atoms with Crippen LogP contribution in [-0.4, -0.2) is 22.5 Å². The third kappa shape index (κ3) is 3.17. The van der Waals surface area contributed by atoms with Crippen LogP contribution in [0.1, 0.15) is 32.8 Å². The van der Waals surface area contributed by atoms with Crippen molar-refractivity contribution in [3.05, 3.63) is 28.0 Å². The highest BCUT2D eigenvalue weighted by Crippen LogP contribution is 2.29. The van der Waals surface area contributed by atoms with Gasteiger partial charge >= 0.3 is 0 Å². The van der Waals surface area contributed by atoms with Gasteiger partial charge in [0, 0.05) is 24.7 Å². The van der Waals surface area contributed by atoms with Gasteiger partial charge in [-0.15, -0.1) is 0 Å². The molecule has 1 fully saturated rings. The molecule has 2 rings (SSSR count). The van der Waals surface area contributed by atoms with Crippen molar-refractivity contribution < 1.29 is 0 Å². The van der Waals surface area contributed by atoms with Gasteiger partial charge in [0.1, 0.15) is 10.3 Å². The van der Waals surface area contributed by atoms with Crippen molar-refractivity contribution in [1.82, 2.24) is 9.88 Å². The van der Waals surface area contributed by atoms with Crippen LogP contribution < -0.4 is 0 Å². The van der Waals surface area contributed by atoms with Crippen LogP contribution in [0.4, 0.5) is 0 Å². The van der Waals surface area contributed by atoms with Crippen molar-refractivity contribution in [2.24, 2.45) is 11.8 Å². The van der Waals surface area contributed by atoms with E-state index in [0.717, 1.165) is 30.5 Å². The molecule has 0 amide bonds. The summed E-state index contributed by atoms with van der Waals surface area (Å²) in [7, 11) is 0. The van der Waals surface area contributed by atoms with Gasteiger partial charge in [-0.05, 0) is 31.2 Å². The summed E-state index contributed by atoms with van der Waals surface area (Å²) >= 11 is 12.0. The molecule has 0 aromatic carbocycles. The molecule has 0 bridgehead atoms. The summed E-state index contributed by atoms with van der Waals surface area (Å²) in [6, 6.07) is 4.38. The Hall–Kier alpha value is -0.310. The first-order valence-electron chi connectivity index (χ1n) is 6.52. The van der Waals surface area contributed by atoms with Crippen LogP contribution in [0.15, 0.2) is 12.1 Å². The Balaban J connectivity index is 2.12. The molecule has 1 aromatic heterocycles. The van der Waals surface area contributed by atoms with Gasteiger partial charge < -0.3 is 0 Å². The van der Waals surface area contributed by atoms with Crippen molar-refractivity contribution >= 4 is 23.2 Å². The lowest BCUT2D eigenvalue weighted by Crippen LogP contribution is -2.45. The molecule has 2 nitrogen and oxygen atoms in total. The second kappa shape index (κ2) is 5.77. The maximum atomic E-state index is 6.15. The highest BCUT2D eigenvalue weighted by atomic mass is 35.5. The molecule has 1 aliphatic rings. The summed E-state index contributed by atoms with van der Waals surface area (Å²) in [5, 5.41) is 0.984. The molecule has 2 heterocycles. The van der Waals surface area contributed by atoms with Crippen molar-refractivity contribution in [1.29, 1.82) is 0 Å². The minimum atomic E-state index is 0.456. The van der Waals surface area contributed by atoms with Crippen LogP contribution in [0, 0.1) is 11.8 Å². The van der Waals surface area contributed by atoms with Crippen molar-refractivity contribution in [2.75, 3.05) is 6.54 Å². The number of hydrogen-bond acceptors (Lipinski definition) is 2. The molecule has 1 saturated heterocycles. The van der Waals surface area contributed by atoms with E-state index in [1.165, 1.54) is 6.42 Å². The molecule has 100 valence electrons. The molecular formula is C14H20Cl2N2. The maximum Gasteiger partial charge on any atom is 0.135 e. The minimum absolute atomic E-state index is 0.456. The first-order valence-corrected chi connectivity index (χ1v) is 7.28. The lowest BCUT2D eigenvalue weighted by molar-refractivity contribution is 0.0729. The Morgan fingerprint density at radius 2 is 2.00 bits per heavy atom. The van der Waals surface area contributed by atoms with Crippen LogP contribution in [0.3, 0.4) is 0 Å². The number of rotatable bonds is 2. The first-order chi connectivity index (χ1) is 8.47. The van der Waals surface area contributed by atoms with E-state index in [4.69, 9.17) is 23.2 Å². The zero-order valence-corrected chi connectivity index (χ0v) is 12.7. The van der Waals surface area contributed by atoms with E-state index in [0.29, 0.717) is 16.3 Å². The fraction of sp³-hybridized carbons (Fsp3) is 0.643. The lowest BCUT2D eigenvalue weighted by Gasteiger charge is -2.41. The highest BCUT2D eigenvalue weighted by Gasteiger charge is 2.28. The van der Waals surface area contributed by atoms with E-state index < -0.39 is 0 Å². The quantitative estimate of drug-likeness (QED) is 0.756. The Labute approximate surface area is 119 Å². The molecule has 0 N–H and O–H groups in total. The predicted molar refractivity (Wildman–Crippen MR) is 77.1 cm³/mol. The smallest absolute Gasteiger partial charge is 0.135 e. The standard InChI is InChI=1S/C14H20Cl2N2/c1-9-6-10(2)11(3)18(7-9)8-12-4-5-13(15)17-14(12)16/h4-5,9-11H,6-8H2,1-3H3. The summed E-state index contributed by atoms with van der Waals surface area (Å²) in [5.74, 6) is 1.48. The van der Waals surface area contributed by atoms with Crippen LogP contribution >= 0.6 is 23.2 Å². The van der Waals surface area contributed by atoms with Gasteiger partial charge in [0.05, 0.1) is 0 Å². The van der Waals surface area contributed by atoms with E-state index in [9.17, 15) is 0 Å². The Morgan fingerprint density at radius 3 is 2.67 bits per heavy atom. The van der Waals surface area contributed by atoms with E-state index in [1.807, 2.05) is 12.1 Å². The van der Waals surface area contributed by atoms with Crippen molar-refractivity contribution in [3.63, 3.8) is 0 Å². The number of hydrogen-bond donors (Lipinski definition) is 0. The highest BCUT2D eigenvalue weighted by molar-refractivity contribution is 6.32. The Kier molecular flexibility index (Phi) is 4.52. The average molecular weight is 287 g/mol. The number of aromatic nitrogens is 1. The van der Waals surface area contributed by atoms with E-state index in [2.05, 4.69) is 30.7 Å². The maximum absolute atomic E-state index is 6.15. The molecule has 0 radical (unpaired) electrons. The minimum Gasteiger partial charge on any atom is -0.296 e. The predicted octanol–water partition coefficient (Wildman–Crippen LogP) is 4.25. The van der Waals surface area contributed by atoms with Gasteiger partial charge in [-0.3, -0.25) is 4.90 Å². The summed E-state index contributed by atoms with van der Waals surface area (Å²) in [6.07, 6.45) is 1.31. The number of pyridine rings is 1. The molecule has 4 heteroatoms. The molecule has 18 heavy (non-hydrogen) atoms. The van der Waals surface area contributed by atoms with Crippen molar-refractivity contribution in [2.45, 2.75) is 39.8 Å². The Bertz CT molecular complexity index is 422. The van der Waals surface area contributed by atoms with Crippen LogP contribution in [-0.2, 0) is 6.54 Å². The number of likely N-dealkylation sites (tertiary alicyclic amines) is 1. The zero-order valence-electron chi connectivity index (χ0n) is 11.2. The second-order valence-electron chi connectivity index (χ2n) is 5.57. The van der Waals surface area contributed by atoms with Gasteiger partial charge in [0.15, 0.2) is 0 Å². The summed E-state index contributed by atoms with van der Waals surface area (Å²) in [6.45, 7) is 8.93. The van der Waals surface area contributed by atoms with Gasteiger partial charge in [-0.25, -0.2) is 4.98 Å². The fourth-order valence-electron chi connectivity index (χ4n) is 2.82. The number of piperidine rings is 1. The third-order valence-electron chi connectivity index (χ3n) is 3.99. The summed E-state index contributed by atoms with van der Waals surface area (Å²) in [5.41, 5.74) is 1.06. The fourth-order valence-corrected chi connectivity index (χ4v) is 3.22. The molecule has 3 unspecified atom stereocenters. The van der Waals surface area contributed by atoms with Gasteiger partial charge in [0.2, 0.25) is 0 Å². The van der Waals surface area contributed by atoms with Gasteiger partial charge in [-0.2, -0.15) is 0 Å². The molecule has 0 aliphatic carbocycles. The summed E-state index contributed by atoms with van der Waals surface area (Å²) in [4.78, 5) is 6.60. The van der Waals surface area contributed by atoms with Crippen LogP contribution in [0.5, 0.6) is 0 Å². The molecule has 3 atom stereocenters. The SMILES string of the molecule is CC1CC(C)C(C)N(Cc2ccc(Cl)nc2Cl)C1. The van der Waals surface area contributed by atoms with E-state index in [1.54, 1.807) is 0 Å². The molecule has 0 saturated carbocycles. The first kappa shape index (κ1) is 14.1. The molecule has 0 spiro atoms. The monoisotopic (exact) mass is 286 g/mol. The van der Waals surface area contributed by atoms with Crippen molar-refractivity contribution in [3.8, 4) is 0 Å². The third-order valence-corrected chi connectivity index (χ3v) is 4.52. The zero-order chi connectivity index (χ0) is 13.3. The second-order valence-corrected chi connectivity index (χ2v) is 6.32. The van der Waals surface area contributed by atoms with E-state index in [-0.39, 0.29) is 0 Å². The topological polar surface area (TPSA) is 16.1 Å². The number of nitrogens with zero attached hydrogens (tertiary/aromatic N) is 2. The summed E-state index contributed by atoms with van der Waals surface area (Å²) < 4.78 is 0. The Morgan fingerprint density at radius 1 is 1.28 bits per heavy atom. The largest absolute Gasteiger partial charge is 0.296 e. The molecular weight excluding hydrogens is 267 g/mol. The normalized spacial score (nSPS) is 29.5. The molecule has 1 aromatic rings. The lowest BCUT2D eigenvalue weighted by atomic mass is 9.86. The van der Waals surface area contributed by atoms with Gasteiger partial charge in [-0.1, -0.05) is 43.1 Å². The van der Waals surface area contributed by atoms with Crippen LogP contribution in [0.2, 0.25) is 10.3 Å². The van der Waals surface area contributed by atoms with Gasteiger partial charge in [0.25, 0.3) is 0 Å².